The number of thioether (sulfide) groups is 1. The molecule has 1 N–H and O–H groups in total. The Kier molecular flexibility index (Phi) is 3.39. The lowest BCUT2D eigenvalue weighted by atomic mass is 10.0. The van der Waals surface area contributed by atoms with Crippen molar-refractivity contribution in [1.82, 2.24) is 5.32 Å². The summed E-state index contributed by atoms with van der Waals surface area (Å²) in [6.45, 7) is 2.24. The van der Waals surface area contributed by atoms with Crippen molar-refractivity contribution < 1.29 is 0 Å². The zero-order chi connectivity index (χ0) is 12.4. The van der Waals surface area contributed by atoms with Gasteiger partial charge in [0, 0.05) is 22.7 Å². The predicted molar refractivity (Wildman–Crippen MR) is 77.9 cm³/mol. The summed E-state index contributed by atoms with van der Waals surface area (Å²) in [5.41, 5.74) is 2.80. The Morgan fingerprint density at radius 3 is 2.61 bits per heavy atom. The molecule has 1 heterocycles. The van der Waals surface area contributed by atoms with E-state index in [0.717, 1.165) is 5.75 Å². The normalized spacial score (nSPS) is 19.5. The lowest BCUT2D eigenvalue weighted by Crippen LogP contribution is -2.24. The summed E-state index contributed by atoms with van der Waals surface area (Å²) in [6.07, 6.45) is 0. The van der Waals surface area contributed by atoms with Crippen LogP contribution in [0.4, 0.5) is 0 Å². The number of rotatable bonds is 3. The van der Waals surface area contributed by atoms with Crippen molar-refractivity contribution in [2.45, 2.75) is 23.9 Å². The summed E-state index contributed by atoms with van der Waals surface area (Å²) in [5.74, 6) is 1.14. The van der Waals surface area contributed by atoms with Gasteiger partial charge >= 0.3 is 0 Å². The topological polar surface area (TPSA) is 12.0 Å². The van der Waals surface area contributed by atoms with Gasteiger partial charge in [-0.15, -0.1) is 11.8 Å². The zero-order valence-electron chi connectivity index (χ0n) is 10.5. The summed E-state index contributed by atoms with van der Waals surface area (Å²) in [7, 11) is 0. The Labute approximate surface area is 113 Å². The van der Waals surface area contributed by atoms with Gasteiger partial charge in [0.15, 0.2) is 0 Å². The van der Waals surface area contributed by atoms with Crippen molar-refractivity contribution in [3.8, 4) is 0 Å². The summed E-state index contributed by atoms with van der Waals surface area (Å²) < 4.78 is 0. The number of hydrogen-bond donors (Lipinski definition) is 1. The highest BCUT2D eigenvalue weighted by Crippen LogP contribution is 2.38. The Bertz CT molecular complexity index is 524. The van der Waals surface area contributed by atoms with Crippen LogP contribution in [0.15, 0.2) is 59.5 Å². The van der Waals surface area contributed by atoms with E-state index in [0.29, 0.717) is 12.1 Å². The summed E-state index contributed by atoms with van der Waals surface area (Å²) in [5, 5.41) is 3.73. The smallest absolute Gasteiger partial charge is 0.0431 e. The molecule has 0 aromatic heterocycles. The molecule has 0 fully saturated rings. The van der Waals surface area contributed by atoms with Gasteiger partial charge in [-0.25, -0.2) is 0 Å². The molecule has 18 heavy (non-hydrogen) atoms. The van der Waals surface area contributed by atoms with Gasteiger partial charge in [0.1, 0.15) is 0 Å². The summed E-state index contributed by atoms with van der Waals surface area (Å²) in [6, 6.07) is 20.2. The van der Waals surface area contributed by atoms with E-state index in [2.05, 4.69) is 66.8 Å². The van der Waals surface area contributed by atoms with Crippen LogP contribution in [0.1, 0.15) is 30.1 Å². The summed E-state index contributed by atoms with van der Waals surface area (Å²) >= 11 is 1.95. The third-order valence-electron chi connectivity index (χ3n) is 3.45. The Balaban J connectivity index is 1.75. The van der Waals surface area contributed by atoms with Crippen molar-refractivity contribution in [3.63, 3.8) is 0 Å². The second-order valence-electron chi connectivity index (χ2n) is 4.70. The molecule has 1 aliphatic heterocycles. The minimum atomic E-state index is 0.392. The first-order chi connectivity index (χ1) is 8.84. The van der Waals surface area contributed by atoms with Gasteiger partial charge in [0.05, 0.1) is 0 Å². The Morgan fingerprint density at radius 1 is 1.06 bits per heavy atom. The molecule has 3 rings (SSSR count). The molecule has 0 radical (unpaired) electrons. The molecular formula is C16H17NS. The molecule has 2 aromatic carbocycles. The minimum absolute atomic E-state index is 0.392. The molecule has 0 spiro atoms. The summed E-state index contributed by atoms with van der Waals surface area (Å²) in [4.78, 5) is 1.43. The predicted octanol–water partition coefficient (Wildman–Crippen LogP) is 4.18. The van der Waals surface area contributed by atoms with E-state index in [1.807, 2.05) is 11.8 Å². The van der Waals surface area contributed by atoms with Crippen LogP contribution in [0.25, 0.3) is 0 Å². The van der Waals surface area contributed by atoms with Crippen LogP contribution in [0.5, 0.6) is 0 Å². The standard InChI is InChI=1S/C16H17NS/c1-12(13-7-3-2-4-8-13)17-15-11-18-16-10-6-5-9-14(15)16/h2-10,12,15,17H,11H2,1H3. The molecule has 2 atom stereocenters. The lowest BCUT2D eigenvalue weighted by molar-refractivity contribution is 0.501. The first-order valence-corrected chi connectivity index (χ1v) is 7.36. The Hall–Kier alpha value is -1.25. The average molecular weight is 255 g/mol. The van der Waals surface area contributed by atoms with E-state index in [-0.39, 0.29) is 0 Å². The van der Waals surface area contributed by atoms with Gasteiger partial charge in [-0.05, 0) is 24.1 Å². The van der Waals surface area contributed by atoms with Crippen LogP contribution in [0, 0.1) is 0 Å². The highest BCUT2D eigenvalue weighted by Gasteiger charge is 2.23. The molecule has 0 amide bonds. The van der Waals surface area contributed by atoms with Gasteiger partial charge in [-0.1, -0.05) is 48.5 Å². The van der Waals surface area contributed by atoms with E-state index >= 15 is 0 Å². The zero-order valence-corrected chi connectivity index (χ0v) is 11.3. The second-order valence-corrected chi connectivity index (χ2v) is 5.76. The van der Waals surface area contributed by atoms with Crippen LogP contribution in [0.2, 0.25) is 0 Å². The van der Waals surface area contributed by atoms with Crippen molar-refractivity contribution in [2.75, 3.05) is 5.75 Å². The van der Waals surface area contributed by atoms with E-state index in [1.54, 1.807) is 0 Å². The molecule has 0 aliphatic carbocycles. The fraction of sp³-hybridized carbons (Fsp3) is 0.250. The fourth-order valence-electron chi connectivity index (χ4n) is 2.44. The lowest BCUT2D eigenvalue weighted by Gasteiger charge is -2.20. The molecule has 1 aliphatic rings. The third-order valence-corrected chi connectivity index (χ3v) is 4.63. The molecular weight excluding hydrogens is 238 g/mol. The third kappa shape index (κ3) is 2.31. The molecule has 0 saturated heterocycles. The van der Waals surface area contributed by atoms with Gasteiger partial charge in [0.2, 0.25) is 0 Å². The molecule has 92 valence electrons. The van der Waals surface area contributed by atoms with Gasteiger partial charge in [-0.2, -0.15) is 0 Å². The van der Waals surface area contributed by atoms with Crippen LogP contribution < -0.4 is 5.32 Å². The van der Waals surface area contributed by atoms with E-state index in [9.17, 15) is 0 Å². The molecule has 2 unspecified atom stereocenters. The molecule has 2 aromatic rings. The molecule has 1 nitrogen and oxygen atoms in total. The van der Waals surface area contributed by atoms with Crippen LogP contribution in [-0.4, -0.2) is 5.75 Å². The number of hydrogen-bond acceptors (Lipinski definition) is 2. The molecule has 2 heteroatoms. The first-order valence-electron chi connectivity index (χ1n) is 6.37. The fourth-order valence-corrected chi connectivity index (χ4v) is 3.61. The van der Waals surface area contributed by atoms with Gasteiger partial charge < -0.3 is 5.32 Å². The van der Waals surface area contributed by atoms with Crippen LogP contribution >= 0.6 is 11.8 Å². The highest BCUT2D eigenvalue weighted by atomic mass is 32.2. The average Bonchev–Trinajstić information content (AvgIpc) is 2.83. The minimum Gasteiger partial charge on any atom is -0.303 e. The number of benzene rings is 2. The highest BCUT2D eigenvalue weighted by molar-refractivity contribution is 7.99. The van der Waals surface area contributed by atoms with E-state index < -0.39 is 0 Å². The van der Waals surface area contributed by atoms with Crippen molar-refractivity contribution in [1.29, 1.82) is 0 Å². The first kappa shape index (κ1) is 11.8. The molecule has 0 bridgehead atoms. The van der Waals surface area contributed by atoms with E-state index in [1.165, 1.54) is 16.0 Å². The van der Waals surface area contributed by atoms with Crippen molar-refractivity contribution in [3.05, 3.63) is 65.7 Å². The number of nitrogens with one attached hydrogen (secondary N) is 1. The quantitative estimate of drug-likeness (QED) is 0.883. The SMILES string of the molecule is CC(NC1CSc2ccccc21)c1ccccc1. The largest absolute Gasteiger partial charge is 0.303 e. The second kappa shape index (κ2) is 5.17. The van der Waals surface area contributed by atoms with E-state index in [4.69, 9.17) is 0 Å². The maximum absolute atomic E-state index is 3.73. The van der Waals surface area contributed by atoms with Crippen LogP contribution in [0.3, 0.4) is 0 Å². The van der Waals surface area contributed by atoms with Crippen molar-refractivity contribution >= 4 is 11.8 Å². The van der Waals surface area contributed by atoms with Gasteiger partial charge in [-0.3, -0.25) is 0 Å². The van der Waals surface area contributed by atoms with Crippen LogP contribution in [-0.2, 0) is 0 Å². The maximum atomic E-state index is 3.73. The molecule has 0 saturated carbocycles. The van der Waals surface area contributed by atoms with Crippen molar-refractivity contribution in [2.24, 2.45) is 0 Å². The Morgan fingerprint density at radius 2 is 1.78 bits per heavy atom. The maximum Gasteiger partial charge on any atom is 0.0431 e. The number of fused-ring (bicyclic) bond motifs is 1. The van der Waals surface area contributed by atoms with Gasteiger partial charge in [0.25, 0.3) is 0 Å². The monoisotopic (exact) mass is 255 g/mol.